The van der Waals surface area contributed by atoms with Gasteiger partial charge >= 0.3 is 5.97 Å². The summed E-state index contributed by atoms with van der Waals surface area (Å²) in [4.78, 5) is 10.8. The topological polar surface area (TPSA) is 67.2 Å². The third-order valence-corrected chi connectivity index (χ3v) is 2.89. The van der Waals surface area contributed by atoms with Crippen molar-refractivity contribution in [1.82, 2.24) is 15.1 Å². The van der Waals surface area contributed by atoms with Crippen LogP contribution in [0.25, 0.3) is 0 Å². The lowest BCUT2D eigenvalue weighted by Gasteiger charge is -2.22. The lowest BCUT2D eigenvalue weighted by atomic mass is 9.94. The molecular weight excluding hydrogens is 194 g/mol. The molecule has 82 valence electrons. The van der Waals surface area contributed by atoms with Crippen molar-refractivity contribution < 1.29 is 9.90 Å². The fraction of sp³-hybridized carbons (Fsp3) is 0.600. The van der Waals surface area contributed by atoms with Crippen LogP contribution in [0, 0.1) is 0 Å². The summed E-state index contributed by atoms with van der Waals surface area (Å²) in [7, 11) is 1.81. The molecule has 0 spiro atoms. The van der Waals surface area contributed by atoms with Crippen molar-refractivity contribution in [3.8, 4) is 0 Å². The third-order valence-electron chi connectivity index (χ3n) is 2.89. The maximum atomic E-state index is 10.8. The first kappa shape index (κ1) is 10.2. The molecular formula is C10H15N3O2. The maximum absolute atomic E-state index is 10.8. The van der Waals surface area contributed by atoms with Gasteiger partial charge in [-0.15, -0.1) is 0 Å². The van der Waals surface area contributed by atoms with E-state index >= 15 is 0 Å². The van der Waals surface area contributed by atoms with E-state index in [2.05, 4.69) is 10.4 Å². The van der Waals surface area contributed by atoms with E-state index in [-0.39, 0.29) is 5.69 Å². The first-order valence-electron chi connectivity index (χ1n) is 5.16. The normalized spacial score (nSPS) is 17.9. The number of carboxylic acid groups (broad SMARTS) is 1. The minimum Gasteiger partial charge on any atom is -0.476 e. The van der Waals surface area contributed by atoms with Crippen molar-refractivity contribution in [3.05, 3.63) is 17.5 Å². The predicted octanol–water partition coefficient (Wildman–Crippen LogP) is 0.585. The van der Waals surface area contributed by atoms with Crippen molar-refractivity contribution in [2.45, 2.75) is 18.8 Å². The molecule has 5 nitrogen and oxygen atoms in total. The molecule has 0 aromatic carbocycles. The molecule has 1 saturated heterocycles. The van der Waals surface area contributed by atoms with Gasteiger partial charge in [-0.1, -0.05) is 0 Å². The molecule has 1 aromatic heterocycles. The fourth-order valence-electron chi connectivity index (χ4n) is 2.09. The lowest BCUT2D eigenvalue weighted by molar-refractivity contribution is 0.0689. The Balaban J connectivity index is 2.22. The highest BCUT2D eigenvalue weighted by molar-refractivity contribution is 5.85. The highest BCUT2D eigenvalue weighted by atomic mass is 16.4. The Hall–Kier alpha value is -1.36. The zero-order valence-corrected chi connectivity index (χ0v) is 8.73. The van der Waals surface area contributed by atoms with Gasteiger partial charge in [0.15, 0.2) is 5.69 Å². The summed E-state index contributed by atoms with van der Waals surface area (Å²) in [6.45, 7) is 2.00. The van der Waals surface area contributed by atoms with Gasteiger partial charge in [-0.05, 0) is 32.0 Å². The minimum atomic E-state index is -0.953. The first-order valence-corrected chi connectivity index (χ1v) is 5.16. The highest BCUT2D eigenvalue weighted by Crippen LogP contribution is 2.25. The number of hydrogen-bond donors (Lipinski definition) is 2. The van der Waals surface area contributed by atoms with E-state index in [0.717, 1.165) is 31.6 Å². The van der Waals surface area contributed by atoms with Gasteiger partial charge in [-0.3, -0.25) is 4.68 Å². The molecule has 1 aliphatic heterocycles. The van der Waals surface area contributed by atoms with E-state index < -0.39 is 5.97 Å². The molecule has 0 aliphatic carbocycles. The summed E-state index contributed by atoms with van der Waals surface area (Å²) < 4.78 is 1.69. The van der Waals surface area contributed by atoms with Crippen LogP contribution in [0.2, 0.25) is 0 Å². The predicted molar refractivity (Wildman–Crippen MR) is 55.0 cm³/mol. The molecule has 2 heterocycles. The van der Waals surface area contributed by atoms with E-state index in [1.807, 2.05) is 7.05 Å². The van der Waals surface area contributed by atoms with E-state index in [1.54, 1.807) is 10.7 Å². The van der Waals surface area contributed by atoms with E-state index in [1.165, 1.54) is 0 Å². The quantitative estimate of drug-likeness (QED) is 0.748. The van der Waals surface area contributed by atoms with Gasteiger partial charge in [0.05, 0.1) is 0 Å². The third kappa shape index (κ3) is 2.02. The van der Waals surface area contributed by atoms with Crippen LogP contribution in [0.15, 0.2) is 6.07 Å². The smallest absolute Gasteiger partial charge is 0.356 e. The van der Waals surface area contributed by atoms with Crippen molar-refractivity contribution in [2.24, 2.45) is 7.05 Å². The molecule has 0 radical (unpaired) electrons. The average molecular weight is 209 g/mol. The number of rotatable bonds is 2. The summed E-state index contributed by atoms with van der Waals surface area (Å²) in [5, 5.41) is 16.1. The number of nitrogens with one attached hydrogen (secondary N) is 1. The zero-order valence-electron chi connectivity index (χ0n) is 8.73. The summed E-state index contributed by atoms with van der Waals surface area (Å²) in [5.74, 6) is -0.511. The second-order valence-corrected chi connectivity index (χ2v) is 3.91. The molecule has 2 N–H and O–H groups in total. The van der Waals surface area contributed by atoms with Gasteiger partial charge in [-0.2, -0.15) is 5.10 Å². The van der Waals surface area contributed by atoms with Crippen LogP contribution < -0.4 is 5.32 Å². The van der Waals surface area contributed by atoms with Crippen LogP contribution in [0.4, 0.5) is 0 Å². The Morgan fingerprint density at radius 2 is 2.27 bits per heavy atom. The molecule has 0 saturated carbocycles. The molecule has 15 heavy (non-hydrogen) atoms. The molecule has 1 aromatic rings. The molecule has 1 aliphatic rings. The molecule has 5 heteroatoms. The van der Waals surface area contributed by atoms with Crippen LogP contribution >= 0.6 is 0 Å². The van der Waals surface area contributed by atoms with Gasteiger partial charge in [0, 0.05) is 18.7 Å². The van der Waals surface area contributed by atoms with Gasteiger partial charge in [0.2, 0.25) is 0 Å². The number of piperidine rings is 1. The second-order valence-electron chi connectivity index (χ2n) is 3.91. The highest BCUT2D eigenvalue weighted by Gasteiger charge is 2.20. The SMILES string of the molecule is Cn1nc(C(=O)O)cc1C1CCNCC1. The summed E-state index contributed by atoms with van der Waals surface area (Å²) in [6, 6.07) is 1.69. The van der Waals surface area contributed by atoms with Crippen molar-refractivity contribution >= 4 is 5.97 Å². The number of nitrogens with zero attached hydrogens (tertiary/aromatic N) is 2. The van der Waals surface area contributed by atoms with Crippen LogP contribution in [0.5, 0.6) is 0 Å². The molecule has 2 rings (SSSR count). The monoisotopic (exact) mass is 209 g/mol. The van der Waals surface area contributed by atoms with Gasteiger partial charge in [0.1, 0.15) is 0 Å². The van der Waals surface area contributed by atoms with Crippen molar-refractivity contribution in [3.63, 3.8) is 0 Å². The molecule has 1 fully saturated rings. The fourth-order valence-corrected chi connectivity index (χ4v) is 2.09. The number of aromatic nitrogens is 2. The van der Waals surface area contributed by atoms with Crippen LogP contribution in [0.1, 0.15) is 34.9 Å². The Bertz CT molecular complexity index is 367. The van der Waals surface area contributed by atoms with Crippen molar-refractivity contribution in [1.29, 1.82) is 0 Å². The Morgan fingerprint density at radius 1 is 1.60 bits per heavy atom. The minimum absolute atomic E-state index is 0.144. The van der Waals surface area contributed by atoms with Gasteiger partial charge < -0.3 is 10.4 Å². The number of aromatic carboxylic acids is 1. The number of carbonyl (C=O) groups is 1. The first-order chi connectivity index (χ1) is 7.18. The van der Waals surface area contributed by atoms with Crippen LogP contribution in [0.3, 0.4) is 0 Å². The summed E-state index contributed by atoms with van der Waals surface area (Å²) in [6.07, 6.45) is 2.11. The number of hydrogen-bond acceptors (Lipinski definition) is 3. The molecule has 0 bridgehead atoms. The van der Waals surface area contributed by atoms with E-state index in [0.29, 0.717) is 5.92 Å². The molecule has 0 amide bonds. The van der Waals surface area contributed by atoms with Crippen molar-refractivity contribution in [2.75, 3.05) is 13.1 Å². The second kappa shape index (κ2) is 4.02. The van der Waals surface area contributed by atoms with E-state index in [9.17, 15) is 4.79 Å². The average Bonchev–Trinajstić information content (AvgIpc) is 2.62. The largest absolute Gasteiger partial charge is 0.476 e. The molecule has 0 unspecified atom stereocenters. The molecule has 0 atom stereocenters. The van der Waals surface area contributed by atoms with Gasteiger partial charge in [0.25, 0.3) is 0 Å². The maximum Gasteiger partial charge on any atom is 0.356 e. The Labute approximate surface area is 88.1 Å². The Morgan fingerprint density at radius 3 is 2.80 bits per heavy atom. The zero-order chi connectivity index (χ0) is 10.8. The van der Waals surface area contributed by atoms with Gasteiger partial charge in [-0.25, -0.2) is 4.79 Å². The number of aryl methyl sites for hydroxylation is 1. The van der Waals surface area contributed by atoms with E-state index in [4.69, 9.17) is 5.11 Å². The summed E-state index contributed by atoms with van der Waals surface area (Å²) >= 11 is 0. The van der Waals surface area contributed by atoms with Crippen LogP contribution in [-0.2, 0) is 7.05 Å². The lowest BCUT2D eigenvalue weighted by Crippen LogP contribution is -2.27. The standard InChI is InChI=1S/C10H15N3O2/c1-13-9(6-8(12-13)10(14)15)7-2-4-11-5-3-7/h6-7,11H,2-5H2,1H3,(H,14,15). The number of carboxylic acids is 1. The summed E-state index contributed by atoms with van der Waals surface area (Å²) in [5.41, 5.74) is 1.18. The Kier molecular flexibility index (Phi) is 2.73. The van der Waals surface area contributed by atoms with Crippen LogP contribution in [-0.4, -0.2) is 33.9 Å².